The van der Waals surface area contributed by atoms with Crippen LogP contribution < -0.4 is 0 Å². The van der Waals surface area contributed by atoms with Crippen LogP contribution in [0.25, 0.3) is 31.6 Å². The average molecular weight is 444 g/mol. The van der Waals surface area contributed by atoms with E-state index in [2.05, 4.69) is 23.2 Å². The molecule has 0 aliphatic rings. The van der Waals surface area contributed by atoms with Crippen molar-refractivity contribution in [3.8, 4) is 10.6 Å². The fourth-order valence-electron chi connectivity index (χ4n) is 3.32. The number of rotatable bonds is 5. The summed E-state index contributed by atoms with van der Waals surface area (Å²) in [5.74, 6) is -0.375. The number of benzene rings is 2. The number of thioether (sulfide) groups is 1. The molecule has 5 nitrogen and oxygen atoms in total. The first-order valence-corrected chi connectivity index (χ1v) is 11.7. The van der Waals surface area contributed by atoms with Crippen molar-refractivity contribution in [3.63, 3.8) is 0 Å². The number of carbonyl (C=O) groups excluding carboxylic acids is 1. The van der Waals surface area contributed by atoms with Crippen molar-refractivity contribution in [3.05, 3.63) is 84.2 Å². The van der Waals surface area contributed by atoms with Crippen molar-refractivity contribution in [2.45, 2.75) is 11.8 Å². The molecule has 152 valence electrons. The predicted octanol–water partition coefficient (Wildman–Crippen LogP) is 5.99. The molecule has 0 amide bonds. The minimum Gasteiger partial charge on any atom is -0.456 e. The summed E-state index contributed by atoms with van der Waals surface area (Å²) >= 11 is 3.16. The first-order chi connectivity index (χ1) is 15.2. The summed E-state index contributed by atoms with van der Waals surface area (Å²) in [6.07, 6.45) is 3.75. The van der Waals surface area contributed by atoms with Crippen LogP contribution >= 0.6 is 23.1 Å². The third-order valence-corrected chi connectivity index (χ3v) is 6.48. The van der Waals surface area contributed by atoms with Crippen molar-refractivity contribution in [1.82, 2.24) is 15.0 Å². The second-order valence-electron chi connectivity index (χ2n) is 6.85. The van der Waals surface area contributed by atoms with E-state index in [9.17, 15) is 4.79 Å². The molecule has 2 aromatic carbocycles. The van der Waals surface area contributed by atoms with E-state index in [0.717, 1.165) is 26.9 Å². The highest BCUT2D eigenvalue weighted by Gasteiger charge is 2.15. The third kappa shape index (κ3) is 4.02. The molecule has 0 saturated carbocycles. The standard InChI is InChI=1S/C24H17N3O2S2/c1-30-24-25-13-17-11-18(14-29-23(28)15-7-3-2-4-8-15)26-22(21(17)27-24)20-12-16-9-5-6-10-19(16)31-20/h2-13H,14H2,1H3. The van der Waals surface area contributed by atoms with Gasteiger partial charge in [-0.15, -0.1) is 11.3 Å². The molecule has 0 N–H and O–H groups in total. The summed E-state index contributed by atoms with van der Waals surface area (Å²) < 4.78 is 6.70. The van der Waals surface area contributed by atoms with Gasteiger partial charge in [-0.1, -0.05) is 48.2 Å². The Kier molecular flexibility index (Phi) is 5.36. The molecule has 0 atom stereocenters. The van der Waals surface area contributed by atoms with E-state index in [1.807, 2.05) is 42.7 Å². The minimum absolute atomic E-state index is 0.0752. The molecule has 0 bridgehead atoms. The minimum atomic E-state index is -0.375. The Morgan fingerprint density at radius 3 is 2.61 bits per heavy atom. The maximum Gasteiger partial charge on any atom is 0.338 e. The van der Waals surface area contributed by atoms with Crippen molar-refractivity contribution in [2.24, 2.45) is 0 Å². The van der Waals surface area contributed by atoms with Gasteiger partial charge < -0.3 is 4.74 Å². The second-order valence-corrected chi connectivity index (χ2v) is 8.70. The van der Waals surface area contributed by atoms with E-state index in [4.69, 9.17) is 14.7 Å². The van der Waals surface area contributed by atoms with E-state index >= 15 is 0 Å². The zero-order chi connectivity index (χ0) is 21.2. The van der Waals surface area contributed by atoms with E-state index < -0.39 is 0 Å². The number of carbonyl (C=O) groups is 1. The number of hydrogen-bond donors (Lipinski definition) is 0. The van der Waals surface area contributed by atoms with Crippen molar-refractivity contribution < 1.29 is 9.53 Å². The summed E-state index contributed by atoms with van der Waals surface area (Å²) in [5.41, 5.74) is 2.75. The monoisotopic (exact) mass is 443 g/mol. The number of aromatic nitrogens is 3. The van der Waals surface area contributed by atoms with Gasteiger partial charge in [0.2, 0.25) is 0 Å². The van der Waals surface area contributed by atoms with Crippen molar-refractivity contribution in [1.29, 1.82) is 0 Å². The first kappa shape index (κ1) is 19.7. The van der Waals surface area contributed by atoms with Crippen LogP contribution in [0.2, 0.25) is 0 Å². The summed E-state index contributed by atoms with van der Waals surface area (Å²) in [4.78, 5) is 27.3. The van der Waals surface area contributed by atoms with E-state index in [-0.39, 0.29) is 12.6 Å². The van der Waals surface area contributed by atoms with Gasteiger partial charge in [0.1, 0.15) is 17.8 Å². The number of thiophene rings is 1. The Morgan fingerprint density at radius 1 is 1.00 bits per heavy atom. The van der Waals surface area contributed by atoms with Crippen LogP contribution in [-0.2, 0) is 11.3 Å². The molecule has 3 aromatic heterocycles. The van der Waals surface area contributed by atoms with Crippen LogP contribution in [0.15, 0.2) is 78.1 Å². The van der Waals surface area contributed by atoms with Crippen LogP contribution in [0.3, 0.4) is 0 Å². The normalized spacial score (nSPS) is 11.1. The smallest absolute Gasteiger partial charge is 0.338 e. The Labute approximate surface area is 187 Å². The lowest BCUT2D eigenvalue weighted by Crippen LogP contribution is -2.06. The first-order valence-electron chi connectivity index (χ1n) is 9.63. The molecule has 0 aliphatic heterocycles. The fourth-order valence-corrected chi connectivity index (χ4v) is 4.71. The Hall–Kier alpha value is -3.29. The van der Waals surface area contributed by atoms with Crippen molar-refractivity contribution >= 4 is 50.1 Å². The molecule has 0 radical (unpaired) electrons. The quantitative estimate of drug-likeness (QED) is 0.189. The van der Waals surface area contributed by atoms with Gasteiger partial charge in [0.25, 0.3) is 0 Å². The molecule has 0 unspecified atom stereocenters. The number of nitrogens with zero attached hydrogens (tertiary/aromatic N) is 3. The maximum atomic E-state index is 12.4. The molecule has 5 aromatic rings. The second kappa shape index (κ2) is 8.45. The number of hydrogen-bond acceptors (Lipinski definition) is 7. The molecule has 0 spiro atoms. The topological polar surface area (TPSA) is 65.0 Å². The Morgan fingerprint density at radius 2 is 1.81 bits per heavy atom. The highest BCUT2D eigenvalue weighted by atomic mass is 32.2. The van der Waals surface area contributed by atoms with Crippen LogP contribution in [0, 0.1) is 0 Å². The SMILES string of the molecule is CSc1ncc2cc(COC(=O)c3ccccc3)nc(-c3cc4ccccc4s3)c2n1. The van der Waals surface area contributed by atoms with Gasteiger partial charge in [-0.3, -0.25) is 0 Å². The lowest BCUT2D eigenvalue weighted by atomic mass is 10.1. The van der Waals surface area contributed by atoms with Gasteiger partial charge in [-0.25, -0.2) is 19.7 Å². The molecule has 0 aliphatic carbocycles. The Balaban J connectivity index is 1.56. The van der Waals surface area contributed by atoms with Crippen LogP contribution in [0.4, 0.5) is 0 Å². The van der Waals surface area contributed by atoms with Crippen LogP contribution in [0.1, 0.15) is 16.1 Å². The van der Waals surface area contributed by atoms with Crippen molar-refractivity contribution in [2.75, 3.05) is 6.26 Å². The molecular weight excluding hydrogens is 426 g/mol. The molecule has 5 rings (SSSR count). The van der Waals surface area contributed by atoms with Gasteiger partial charge in [-0.2, -0.15) is 0 Å². The fraction of sp³-hybridized carbons (Fsp3) is 0.0833. The lowest BCUT2D eigenvalue weighted by Gasteiger charge is -2.09. The van der Waals surface area contributed by atoms with Gasteiger partial charge in [0.05, 0.1) is 16.1 Å². The third-order valence-electron chi connectivity index (χ3n) is 4.80. The highest BCUT2D eigenvalue weighted by Crippen LogP contribution is 2.36. The molecule has 0 saturated heterocycles. The maximum absolute atomic E-state index is 12.4. The molecule has 7 heteroatoms. The van der Waals surface area contributed by atoms with Gasteiger partial charge in [0, 0.05) is 16.3 Å². The number of pyridine rings is 1. The molecule has 31 heavy (non-hydrogen) atoms. The van der Waals surface area contributed by atoms with E-state index in [1.165, 1.54) is 16.5 Å². The number of ether oxygens (including phenoxy) is 1. The summed E-state index contributed by atoms with van der Waals surface area (Å²) in [6, 6.07) is 21.2. The van der Waals surface area contributed by atoms with E-state index in [0.29, 0.717) is 16.4 Å². The zero-order valence-corrected chi connectivity index (χ0v) is 18.2. The molecule has 3 heterocycles. The molecular formula is C24H17N3O2S2. The largest absolute Gasteiger partial charge is 0.456 e. The summed E-state index contributed by atoms with van der Waals surface area (Å²) in [5, 5.41) is 2.73. The Bertz CT molecular complexity index is 1370. The number of fused-ring (bicyclic) bond motifs is 2. The zero-order valence-electron chi connectivity index (χ0n) is 16.6. The van der Waals surface area contributed by atoms with Crippen LogP contribution in [-0.4, -0.2) is 27.2 Å². The summed E-state index contributed by atoms with van der Waals surface area (Å²) in [7, 11) is 0. The van der Waals surface area contributed by atoms with Gasteiger partial charge in [0.15, 0.2) is 5.16 Å². The number of esters is 1. The molecule has 0 fully saturated rings. The van der Waals surface area contributed by atoms with Crippen LogP contribution in [0.5, 0.6) is 0 Å². The predicted molar refractivity (Wildman–Crippen MR) is 125 cm³/mol. The average Bonchev–Trinajstić information content (AvgIpc) is 3.26. The van der Waals surface area contributed by atoms with E-state index in [1.54, 1.807) is 29.7 Å². The summed E-state index contributed by atoms with van der Waals surface area (Å²) in [6.45, 7) is 0.0752. The van der Waals surface area contributed by atoms with Gasteiger partial charge in [-0.05, 0) is 42.0 Å². The van der Waals surface area contributed by atoms with Gasteiger partial charge >= 0.3 is 5.97 Å². The highest BCUT2D eigenvalue weighted by molar-refractivity contribution is 7.98. The lowest BCUT2D eigenvalue weighted by molar-refractivity contribution is 0.0468.